The lowest BCUT2D eigenvalue weighted by atomic mass is 10.1. The molecule has 1 N–H and O–H groups in total. The first kappa shape index (κ1) is 17.0. The molecule has 0 spiro atoms. The van der Waals surface area contributed by atoms with E-state index in [-0.39, 0.29) is 6.04 Å². The summed E-state index contributed by atoms with van der Waals surface area (Å²) < 4.78 is 38.3. The van der Waals surface area contributed by atoms with E-state index in [9.17, 15) is 13.2 Å². The maximum Gasteiger partial charge on any atom is 0.416 e. The zero-order valence-corrected chi connectivity index (χ0v) is 13.1. The third-order valence-electron chi connectivity index (χ3n) is 3.83. The first-order valence-corrected chi connectivity index (χ1v) is 7.86. The summed E-state index contributed by atoms with van der Waals surface area (Å²) in [6.45, 7) is 5.55. The standard InChI is InChI=1S/C16H20ClF3N2/c1-12(10-17)22-8-3-2-6-15(11-22)21-14-7-4-5-13(9-14)16(18,19)20/h4-5,7,9,15,21H,1-3,6,8,10-11H2/t15-/m1/s1. The fourth-order valence-electron chi connectivity index (χ4n) is 2.65. The van der Waals surface area contributed by atoms with E-state index in [1.807, 2.05) is 0 Å². The van der Waals surface area contributed by atoms with Crippen LogP contribution >= 0.6 is 11.6 Å². The Kier molecular flexibility index (Phi) is 5.62. The number of halogens is 4. The topological polar surface area (TPSA) is 15.3 Å². The summed E-state index contributed by atoms with van der Waals surface area (Å²) in [5, 5.41) is 3.22. The van der Waals surface area contributed by atoms with Gasteiger partial charge in [0.1, 0.15) is 0 Å². The van der Waals surface area contributed by atoms with Crippen molar-refractivity contribution < 1.29 is 13.2 Å². The van der Waals surface area contributed by atoms with E-state index in [0.29, 0.717) is 18.1 Å². The van der Waals surface area contributed by atoms with Gasteiger partial charge >= 0.3 is 6.18 Å². The van der Waals surface area contributed by atoms with E-state index in [1.54, 1.807) is 6.07 Å². The van der Waals surface area contributed by atoms with Crippen molar-refractivity contribution in [2.75, 3.05) is 24.3 Å². The van der Waals surface area contributed by atoms with Crippen LogP contribution in [0.3, 0.4) is 0 Å². The van der Waals surface area contributed by atoms with E-state index in [1.165, 1.54) is 6.07 Å². The van der Waals surface area contributed by atoms with Gasteiger partial charge in [-0.25, -0.2) is 0 Å². The minimum Gasteiger partial charge on any atom is -0.381 e. The number of hydrogen-bond donors (Lipinski definition) is 1. The number of rotatable bonds is 4. The van der Waals surface area contributed by atoms with Crippen LogP contribution < -0.4 is 5.32 Å². The molecule has 0 aromatic heterocycles. The van der Waals surface area contributed by atoms with Gasteiger partial charge in [-0.1, -0.05) is 12.6 Å². The van der Waals surface area contributed by atoms with Gasteiger partial charge in [-0.2, -0.15) is 13.2 Å². The van der Waals surface area contributed by atoms with Crippen molar-refractivity contribution in [1.82, 2.24) is 4.90 Å². The lowest BCUT2D eigenvalue weighted by molar-refractivity contribution is -0.137. The van der Waals surface area contributed by atoms with Crippen LogP contribution in [0.2, 0.25) is 0 Å². The molecule has 2 rings (SSSR count). The fraction of sp³-hybridized carbons (Fsp3) is 0.500. The van der Waals surface area contributed by atoms with Crippen LogP contribution in [0.4, 0.5) is 18.9 Å². The first-order chi connectivity index (χ1) is 10.4. The highest BCUT2D eigenvalue weighted by Gasteiger charge is 2.30. The van der Waals surface area contributed by atoms with Gasteiger partial charge in [0.15, 0.2) is 0 Å². The van der Waals surface area contributed by atoms with Crippen molar-refractivity contribution in [2.24, 2.45) is 0 Å². The van der Waals surface area contributed by atoms with Crippen molar-refractivity contribution in [1.29, 1.82) is 0 Å². The average molecular weight is 333 g/mol. The first-order valence-electron chi connectivity index (χ1n) is 7.32. The van der Waals surface area contributed by atoms with Gasteiger partial charge in [0.2, 0.25) is 0 Å². The highest BCUT2D eigenvalue weighted by molar-refractivity contribution is 6.19. The van der Waals surface area contributed by atoms with E-state index in [0.717, 1.165) is 43.6 Å². The Morgan fingerprint density at radius 3 is 2.82 bits per heavy atom. The van der Waals surface area contributed by atoms with Gasteiger partial charge in [0.25, 0.3) is 0 Å². The minimum atomic E-state index is -4.32. The lowest BCUT2D eigenvalue weighted by Crippen LogP contribution is -2.34. The highest BCUT2D eigenvalue weighted by atomic mass is 35.5. The Morgan fingerprint density at radius 1 is 1.36 bits per heavy atom. The summed E-state index contributed by atoms with van der Waals surface area (Å²) in [6, 6.07) is 5.43. The second kappa shape index (κ2) is 7.27. The molecule has 0 unspecified atom stereocenters. The van der Waals surface area contributed by atoms with Gasteiger partial charge in [0, 0.05) is 30.5 Å². The average Bonchev–Trinajstić information content (AvgIpc) is 2.71. The SMILES string of the molecule is C=C(CCl)N1CCCC[C@@H](Nc2cccc(C(F)(F)F)c2)C1. The molecule has 1 aliphatic rings. The Balaban J connectivity index is 2.07. The summed E-state index contributed by atoms with van der Waals surface area (Å²) in [5.74, 6) is 0.371. The smallest absolute Gasteiger partial charge is 0.381 e. The molecule has 0 bridgehead atoms. The molecular weight excluding hydrogens is 313 g/mol. The molecule has 1 saturated heterocycles. The van der Waals surface area contributed by atoms with Crippen LogP contribution in [0.5, 0.6) is 0 Å². The van der Waals surface area contributed by atoms with Gasteiger partial charge in [-0.05, 0) is 37.5 Å². The van der Waals surface area contributed by atoms with Crippen molar-refractivity contribution in [3.8, 4) is 0 Å². The van der Waals surface area contributed by atoms with Crippen LogP contribution in [0, 0.1) is 0 Å². The van der Waals surface area contributed by atoms with E-state index in [2.05, 4.69) is 16.8 Å². The van der Waals surface area contributed by atoms with Gasteiger partial charge in [-0.15, -0.1) is 11.6 Å². The van der Waals surface area contributed by atoms with E-state index in [4.69, 9.17) is 11.6 Å². The van der Waals surface area contributed by atoms with Gasteiger partial charge in [-0.3, -0.25) is 0 Å². The molecule has 6 heteroatoms. The molecule has 1 atom stereocenters. The Labute approximate surface area is 133 Å². The number of nitrogens with zero attached hydrogens (tertiary/aromatic N) is 1. The van der Waals surface area contributed by atoms with Crippen LogP contribution in [0.15, 0.2) is 36.5 Å². The molecule has 0 aliphatic carbocycles. The molecule has 0 radical (unpaired) electrons. The Hall–Kier alpha value is -1.36. The molecular formula is C16H20ClF3N2. The van der Waals surface area contributed by atoms with Gasteiger partial charge < -0.3 is 10.2 Å². The molecule has 1 aromatic carbocycles. The number of anilines is 1. The largest absolute Gasteiger partial charge is 0.416 e. The number of hydrogen-bond acceptors (Lipinski definition) is 2. The van der Waals surface area contributed by atoms with Crippen molar-refractivity contribution in [3.05, 3.63) is 42.1 Å². The fourth-order valence-corrected chi connectivity index (χ4v) is 2.82. The number of likely N-dealkylation sites (tertiary alicyclic amines) is 1. The number of allylic oxidation sites excluding steroid dienone is 1. The third kappa shape index (κ3) is 4.57. The summed E-state index contributed by atoms with van der Waals surface area (Å²) in [5.41, 5.74) is 0.728. The zero-order chi connectivity index (χ0) is 16.2. The summed E-state index contributed by atoms with van der Waals surface area (Å²) >= 11 is 5.83. The second-order valence-corrected chi connectivity index (χ2v) is 5.83. The summed E-state index contributed by atoms with van der Waals surface area (Å²) in [7, 11) is 0. The maximum atomic E-state index is 12.8. The maximum absolute atomic E-state index is 12.8. The molecule has 122 valence electrons. The normalized spacial score (nSPS) is 19.6. The van der Waals surface area contributed by atoms with Crippen molar-refractivity contribution >= 4 is 17.3 Å². The predicted octanol–water partition coefficient (Wildman–Crippen LogP) is 4.72. The van der Waals surface area contributed by atoms with Crippen molar-refractivity contribution in [2.45, 2.75) is 31.5 Å². The Bertz CT molecular complexity index is 516. The zero-order valence-electron chi connectivity index (χ0n) is 12.3. The van der Waals surface area contributed by atoms with Crippen LogP contribution in [-0.2, 0) is 6.18 Å². The van der Waals surface area contributed by atoms with E-state index < -0.39 is 11.7 Å². The molecule has 0 saturated carbocycles. The van der Waals surface area contributed by atoms with Crippen molar-refractivity contribution in [3.63, 3.8) is 0 Å². The summed E-state index contributed by atoms with van der Waals surface area (Å²) in [6.07, 6.45) is -1.33. The molecule has 0 amide bonds. The predicted molar refractivity (Wildman–Crippen MR) is 84.1 cm³/mol. The third-order valence-corrected chi connectivity index (χ3v) is 4.14. The lowest BCUT2D eigenvalue weighted by Gasteiger charge is -2.28. The van der Waals surface area contributed by atoms with Crippen LogP contribution in [0.1, 0.15) is 24.8 Å². The minimum absolute atomic E-state index is 0.0888. The second-order valence-electron chi connectivity index (χ2n) is 5.56. The molecule has 1 aliphatic heterocycles. The monoisotopic (exact) mass is 332 g/mol. The van der Waals surface area contributed by atoms with E-state index >= 15 is 0 Å². The Morgan fingerprint density at radius 2 is 2.14 bits per heavy atom. The molecule has 1 fully saturated rings. The molecule has 1 aromatic rings. The van der Waals surface area contributed by atoms with Crippen LogP contribution in [0.25, 0.3) is 0 Å². The number of alkyl halides is 4. The molecule has 1 heterocycles. The van der Waals surface area contributed by atoms with Gasteiger partial charge in [0.05, 0.1) is 11.4 Å². The number of benzene rings is 1. The summed E-state index contributed by atoms with van der Waals surface area (Å²) in [4.78, 5) is 2.12. The molecule has 22 heavy (non-hydrogen) atoms. The quantitative estimate of drug-likeness (QED) is 0.802. The highest BCUT2D eigenvalue weighted by Crippen LogP contribution is 2.31. The van der Waals surface area contributed by atoms with Crippen LogP contribution in [-0.4, -0.2) is 29.9 Å². The number of nitrogens with one attached hydrogen (secondary N) is 1. The molecule has 2 nitrogen and oxygen atoms in total.